The molecule has 4 nitrogen and oxygen atoms in total. The van der Waals surface area contributed by atoms with Gasteiger partial charge < -0.3 is 15.5 Å². The topological polar surface area (TPSA) is 45.4 Å². The first-order chi connectivity index (χ1) is 10.6. The number of pyridine rings is 1. The van der Waals surface area contributed by atoms with Gasteiger partial charge in [-0.05, 0) is 31.2 Å². The minimum Gasteiger partial charge on any atom is -0.354 e. The quantitative estimate of drug-likeness (QED) is 0.943. The SMILES string of the molecule is Cc1nc(N2CCN(C)CC2)ccc1[C@@H](N)c1ccccc1. The Kier molecular flexibility index (Phi) is 4.41. The zero-order valence-corrected chi connectivity index (χ0v) is 13.4. The fraction of sp³-hybridized carbons (Fsp3) is 0.389. The van der Waals surface area contributed by atoms with Crippen molar-refractivity contribution in [2.75, 3.05) is 38.1 Å². The number of benzene rings is 1. The highest BCUT2D eigenvalue weighted by Gasteiger charge is 2.17. The lowest BCUT2D eigenvalue weighted by atomic mass is 9.98. The number of likely N-dealkylation sites (N-methyl/N-ethyl adjacent to an activating group) is 1. The summed E-state index contributed by atoms with van der Waals surface area (Å²) in [4.78, 5) is 9.50. The molecule has 116 valence electrons. The van der Waals surface area contributed by atoms with E-state index in [1.807, 2.05) is 18.2 Å². The standard InChI is InChI=1S/C18H24N4/c1-14-16(18(19)15-6-4-3-5-7-15)8-9-17(20-14)22-12-10-21(2)11-13-22/h3-9,18H,10-13,19H2,1-2H3/t18-/m0/s1. The number of piperazine rings is 1. The van der Waals surface area contributed by atoms with Crippen LogP contribution in [0.1, 0.15) is 22.9 Å². The van der Waals surface area contributed by atoms with Crippen LogP contribution in [0.5, 0.6) is 0 Å². The van der Waals surface area contributed by atoms with Gasteiger partial charge in [0.15, 0.2) is 0 Å². The first-order valence-electron chi connectivity index (χ1n) is 7.86. The lowest BCUT2D eigenvalue weighted by Crippen LogP contribution is -2.44. The summed E-state index contributed by atoms with van der Waals surface area (Å²) in [5, 5.41) is 0. The van der Waals surface area contributed by atoms with E-state index in [4.69, 9.17) is 10.7 Å². The molecular weight excluding hydrogens is 272 g/mol. The molecule has 0 amide bonds. The van der Waals surface area contributed by atoms with Crippen molar-refractivity contribution >= 4 is 5.82 Å². The number of nitrogens with two attached hydrogens (primary N) is 1. The summed E-state index contributed by atoms with van der Waals surface area (Å²) in [6, 6.07) is 14.3. The second-order valence-corrected chi connectivity index (χ2v) is 6.02. The van der Waals surface area contributed by atoms with Crippen molar-refractivity contribution in [2.24, 2.45) is 5.73 Å². The summed E-state index contributed by atoms with van der Waals surface area (Å²) in [5.74, 6) is 1.06. The third-order valence-corrected chi connectivity index (χ3v) is 4.43. The first kappa shape index (κ1) is 15.0. The molecule has 2 heterocycles. The highest BCUT2D eigenvalue weighted by molar-refractivity contribution is 5.44. The third-order valence-electron chi connectivity index (χ3n) is 4.43. The lowest BCUT2D eigenvalue weighted by Gasteiger charge is -2.33. The van der Waals surface area contributed by atoms with Crippen molar-refractivity contribution in [3.63, 3.8) is 0 Å². The average molecular weight is 296 g/mol. The lowest BCUT2D eigenvalue weighted by molar-refractivity contribution is 0.312. The van der Waals surface area contributed by atoms with Crippen LogP contribution < -0.4 is 10.6 Å². The Balaban J connectivity index is 1.80. The molecule has 2 N–H and O–H groups in total. The fourth-order valence-corrected chi connectivity index (χ4v) is 2.94. The minimum atomic E-state index is -0.116. The molecule has 4 heteroatoms. The van der Waals surface area contributed by atoms with Crippen LogP contribution in [0, 0.1) is 6.92 Å². The number of aryl methyl sites for hydroxylation is 1. The van der Waals surface area contributed by atoms with E-state index in [0.29, 0.717) is 0 Å². The Bertz CT molecular complexity index is 618. The molecule has 1 aliphatic heterocycles. The van der Waals surface area contributed by atoms with Gasteiger partial charge >= 0.3 is 0 Å². The van der Waals surface area contributed by atoms with Gasteiger partial charge in [0, 0.05) is 31.9 Å². The number of hydrogen-bond acceptors (Lipinski definition) is 4. The van der Waals surface area contributed by atoms with Crippen LogP contribution >= 0.6 is 0 Å². The van der Waals surface area contributed by atoms with Crippen molar-refractivity contribution in [3.05, 3.63) is 59.3 Å². The smallest absolute Gasteiger partial charge is 0.128 e. The molecule has 1 aliphatic rings. The van der Waals surface area contributed by atoms with Crippen LogP contribution in [0.2, 0.25) is 0 Å². The molecule has 3 rings (SSSR count). The number of aromatic nitrogens is 1. The van der Waals surface area contributed by atoms with Crippen LogP contribution in [0.15, 0.2) is 42.5 Å². The van der Waals surface area contributed by atoms with E-state index in [9.17, 15) is 0 Å². The summed E-state index contributed by atoms with van der Waals surface area (Å²) in [6.45, 7) is 6.30. The first-order valence-corrected chi connectivity index (χ1v) is 7.86. The highest BCUT2D eigenvalue weighted by Crippen LogP contribution is 2.24. The highest BCUT2D eigenvalue weighted by atomic mass is 15.3. The maximum Gasteiger partial charge on any atom is 0.128 e. The predicted molar refractivity (Wildman–Crippen MR) is 91.2 cm³/mol. The molecular formula is C18H24N4. The van der Waals surface area contributed by atoms with Gasteiger partial charge in [-0.25, -0.2) is 4.98 Å². The largest absolute Gasteiger partial charge is 0.354 e. The maximum atomic E-state index is 6.40. The van der Waals surface area contributed by atoms with Crippen LogP contribution in [0.3, 0.4) is 0 Å². The van der Waals surface area contributed by atoms with Crippen LogP contribution in [0.25, 0.3) is 0 Å². The van der Waals surface area contributed by atoms with E-state index in [1.54, 1.807) is 0 Å². The van der Waals surface area contributed by atoms with Crippen molar-refractivity contribution in [2.45, 2.75) is 13.0 Å². The zero-order valence-electron chi connectivity index (χ0n) is 13.4. The Morgan fingerprint density at radius 2 is 1.68 bits per heavy atom. The van der Waals surface area contributed by atoms with E-state index in [2.05, 4.69) is 48.0 Å². The number of hydrogen-bond donors (Lipinski definition) is 1. The van der Waals surface area contributed by atoms with Gasteiger partial charge in [0.2, 0.25) is 0 Å². The molecule has 1 saturated heterocycles. The second-order valence-electron chi connectivity index (χ2n) is 6.02. The molecule has 1 aromatic heterocycles. The summed E-state index contributed by atoms with van der Waals surface area (Å²) >= 11 is 0. The van der Waals surface area contributed by atoms with Crippen LogP contribution in [0.4, 0.5) is 5.82 Å². The molecule has 22 heavy (non-hydrogen) atoms. The molecule has 0 bridgehead atoms. The van der Waals surface area contributed by atoms with Crippen LogP contribution in [-0.2, 0) is 0 Å². The number of anilines is 1. The van der Waals surface area contributed by atoms with Gasteiger partial charge in [0.1, 0.15) is 5.82 Å². The summed E-state index contributed by atoms with van der Waals surface area (Å²) in [6.07, 6.45) is 0. The van der Waals surface area contributed by atoms with Gasteiger partial charge in [-0.3, -0.25) is 0 Å². The Labute approximate surface area is 132 Å². The predicted octanol–water partition coefficient (Wildman–Crippen LogP) is 2.19. The molecule has 1 aromatic carbocycles. The molecule has 0 radical (unpaired) electrons. The average Bonchev–Trinajstić information content (AvgIpc) is 2.56. The van der Waals surface area contributed by atoms with Gasteiger partial charge in [0.05, 0.1) is 6.04 Å². The number of rotatable bonds is 3. The normalized spacial score (nSPS) is 17.5. The van der Waals surface area contributed by atoms with Crippen LogP contribution in [-0.4, -0.2) is 43.1 Å². The van der Waals surface area contributed by atoms with E-state index in [1.165, 1.54) is 0 Å². The second kappa shape index (κ2) is 6.46. The zero-order chi connectivity index (χ0) is 15.5. The summed E-state index contributed by atoms with van der Waals surface area (Å²) in [5.41, 5.74) is 9.65. The van der Waals surface area contributed by atoms with Crippen molar-refractivity contribution < 1.29 is 0 Å². The van der Waals surface area contributed by atoms with Crippen molar-refractivity contribution in [3.8, 4) is 0 Å². The molecule has 1 fully saturated rings. The minimum absolute atomic E-state index is 0.116. The van der Waals surface area contributed by atoms with E-state index in [-0.39, 0.29) is 6.04 Å². The van der Waals surface area contributed by atoms with E-state index < -0.39 is 0 Å². The van der Waals surface area contributed by atoms with Gasteiger partial charge in [-0.1, -0.05) is 36.4 Å². The maximum absolute atomic E-state index is 6.40. The third kappa shape index (κ3) is 3.13. The van der Waals surface area contributed by atoms with E-state index >= 15 is 0 Å². The van der Waals surface area contributed by atoms with Gasteiger partial charge in [-0.15, -0.1) is 0 Å². The van der Waals surface area contributed by atoms with Gasteiger partial charge in [0.25, 0.3) is 0 Å². The molecule has 0 spiro atoms. The fourth-order valence-electron chi connectivity index (χ4n) is 2.94. The molecule has 1 atom stereocenters. The molecule has 0 aliphatic carbocycles. The summed E-state index contributed by atoms with van der Waals surface area (Å²) in [7, 11) is 2.16. The monoisotopic (exact) mass is 296 g/mol. The Morgan fingerprint density at radius 3 is 2.32 bits per heavy atom. The Hall–Kier alpha value is -1.91. The summed E-state index contributed by atoms with van der Waals surface area (Å²) < 4.78 is 0. The Morgan fingerprint density at radius 1 is 1.00 bits per heavy atom. The van der Waals surface area contributed by atoms with Crippen molar-refractivity contribution in [1.82, 2.24) is 9.88 Å². The molecule has 2 aromatic rings. The number of nitrogens with zero attached hydrogens (tertiary/aromatic N) is 3. The van der Waals surface area contributed by atoms with Crippen molar-refractivity contribution in [1.29, 1.82) is 0 Å². The molecule has 0 unspecified atom stereocenters. The van der Waals surface area contributed by atoms with E-state index in [0.717, 1.165) is 48.8 Å². The molecule has 0 saturated carbocycles. The van der Waals surface area contributed by atoms with Gasteiger partial charge in [-0.2, -0.15) is 0 Å².